The van der Waals surface area contributed by atoms with E-state index in [4.69, 9.17) is 21.8 Å². The van der Waals surface area contributed by atoms with E-state index in [0.29, 0.717) is 34.7 Å². The number of halogens is 1. The number of aromatic nitrogens is 2. The molecule has 1 fully saturated rings. The molecule has 12 nitrogen and oxygen atoms in total. The second-order valence-electron chi connectivity index (χ2n) is 9.85. The SMILES string of the molecule is CN1CCc2nc(C(=O)N3CCN(S(=O)(=O)c4[nH]c5ccc(Cl)cc5c4CC(N)=O)CC3CCC#N)oc2C1. The Morgan fingerprint density at radius 3 is 2.85 bits per heavy atom. The highest BCUT2D eigenvalue weighted by Crippen LogP contribution is 2.32. The molecule has 1 atom stereocenters. The quantitative estimate of drug-likeness (QED) is 0.429. The van der Waals surface area contributed by atoms with Gasteiger partial charge in [-0.3, -0.25) is 14.5 Å². The van der Waals surface area contributed by atoms with Crippen molar-refractivity contribution in [1.29, 1.82) is 5.26 Å². The van der Waals surface area contributed by atoms with E-state index in [1.54, 1.807) is 23.1 Å². The average Bonchev–Trinajstić information content (AvgIpc) is 3.48. The summed E-state index contributed by atoms with van der Waals surface area (Å²) in [7, 11) is -2.17. The molecule has 2 amide bonds. The minimum Gasteiger partial charge on any atom is -0.436 e. The molecule has 3 aromatic rings. The van der Waals surface area contributed by atoms with Gasteiger partial charge in [-0.2, -0.15) is 9.57 Å². The monoisotopic (exact) mass is 573 g/mol. The summed E-state index contributed by atoms with van der Waals surface area (Å²) in [4.78, 5) is 36.3. The maximum atomic E-state index is 13.9. The largest absolute Gasteiger partial charge is 0.436 e. The second kappa shape index (κ2) is 10.6. The number of rotatable bonds is 7. The van der Waals surface area contributed by atoms with Crippen LogP contribution in [0.4, 0.5) is 0 Å². The maximum absolute atomic E-state index is 13.9. The van der Waals surface area contributed by atoms with Gasteiger partial charge >= 0.3 is 5.91 Å². The van der Waals surface area contributed by atoms with Crippen molar-refractivity contribution in [3.63, 3.8) is 0 Å². The Labute approximate surface area is 230 Å². The molecular formula is C25H28ClN7O5S. The zero-order valence-electron chi connectivity index (χ0n) is 21.3. The van der Waals surface area contributed by atoms with Gasteiger partial charge in [-0.05, 0) is 31.7 Å². The number of nitrogens with one attached hydrogen (secondary N) is 1. The number of nitrogens with two attached hydrogens (primary N) is 1. The Hall–Kier alpha value is -3.44. The first-order valence-corrected chi connectivity index (χ1v) is 14.3. The third-order valence-electron chi connectivity index (χ3n) is 7.18. The van der Waals surface area contributed by atoms with Gasteiger partial charge in [-0.25, -0.2) is 13.4 Å². The molecule has 5 rings (SSSR count). The van der Waals surface area contributed by atoms with Crippen LogP contribution in [-0.2, 0) is 34.2 Å². The van der Waals surface area contributed by atoms with Gasteiger partial charge in [0.1, 0.15) is 5.76 Å². The molecule has 2 aliphatic rings. The van der Waals surface area contributed by atoms with Crippen molar-refractivity contribution in [1.82, 2.24) is 24.1 Å². The molecule has 0 aliphatic carbocycles. The summed E-state index contributed by atoms with van der Waals surface area (Å²) in [6, 6.07) is 6.34. The van der Waals surface area contributed by atoms with Crippen LogP contribution < -0.4 is 5.73 Å². The van der Waals surface area contributed by atoms with Crippen molar-refractivity contribution < 1.29 is 22.4 Å². The van der Waals surface area contributed by atoms with Crippen molar-refractivity contribution in [3.05, 3.63) is 46.1 Å². The number of nitriles is 1. The Morgan fingerprint density at radius 2 is 2.10 bits per heavy atom. The predicted molar refractivity (Wildman–Crippen MR) is 141 cm³/mol. The highest BCUT2D eigenvalue weighted by Gasteiger charge is 2.40. The summed E-state index contributed by atoms with van der Waals surface area (Å²) >= 11 is 6.13. The number of amides is 2. The molecule has 4 heterocycles. The van der Waals surface area contributed by atoms with Gasteiger partial charge in [0.25, 0.3) is 15.9 Å². The number of hydrogen-bond donors (Lipinski definition) is 2. The lowest BCUT2D eigenvalue weighted by molar-refractivity contribution is -0.117. The second-order valence-corrected chi connectivity index (χ2v) is 12.2. The summed E-state index contributed by atoms with van der Waals surface area (Å²) < 4.78 is 34.8. The minimum absolute atomic E-state index is 0.00637. The summed E-state index contributed by atoms with van der Waals surface area (Å²) in [6.45, 7) is 1.42. The fraction of sp³-hybridized carbons (Fsp3) is 0.440. The summed E-state index contributed by atoms with van der Waals surface area (Å²) in [5, 5.41) is 9.97. The van der Waals surface area contributed by atoms with E-state index < -0.39 is 27.9 Å². The number of carbonyl (C=O) groups is 2. The van der Waals surface area contributed by atoms with Crippen molar-refractivity contribution >= 4 is 44.3 Å². The van der Waals surface area contributed by atoms with Gasteiger partial charge in [0.2, 0.25) is 5.91 Å². The van der Waals surface area contributed by atoms with Crippen molar-refractivity contribution in [3.8, 4) is 6.07 Å². The number of aromatic amines is 1. The number of H-pyrrole nitrogens is 1. The van der Waals surface area contributed by atoms with Crippen LogP contribution in [0, 0.1) is 11.3 Å². The molecule has 14 heteroatoms. The van der Waals surface area contributed by atoms with Crippen molar-refractivity contribution in [2.24, 2.45) is 5.73 Å². The number of benzene rings is 1. The van der Waals surface area contributed by atoms with Crippen LogP contribution >= 0.6 is 11.6 Å². The molecule has 206 valence electrons. The number of nitrogens with zero attached hydrogens (tertiary/aromatic N) is 5. The first-order valence-electron chi connectivity index (χ1n) is 12.5. The third kappa shape index (κ3) is 5.25. The van der Waals surface area contributed by atoms with Crippen LogP contribution in [0.2, 0.25) is 5.02 Å². The molecule has 2 aromatic heterocycles. The summed E-state index contributed by atoms with van der Waals surface area (Å²) in [5.41, 5.74) is 6.94. The van der Waals surface area contributed by atoms with Crippen molar-refractivity contribution in [2.75, 3.05) is 33.2 Å². The molecular weight excluding hydrogens is 546 g/mol. The van der Waals surface area contributed by atoms with Crippen LogP contribution in [0.15, 0.2) is 27.6 Å². The van der Waals surface area contributed by atoms with Crippen LogP contribution in [0.5, 0.6) is 0 Å². The normalized spacial score (nSPS) is 18.7. The molecule has 1 unspecified atom stereocenters. The lowest BCUT2D eigenvalue weighted by atomic mass is 10.1. The van der Waals surface area contributed by atoms with Crippen molar-refractivity contribution in [2.45, 2.75) is 43.3 Å². The van der Waals surface area contributed by atoms with Crippen LogP contribution in [0.1, 0.15) is 40.5 Å². The molecule has 0 spiro atoms. The molecule has 0 radical (unpaired) electrons. The van der Waals surface area contributed by atoms with Crippen LogP contribution in [-0.4, -0.2) is 83.6 Å². The summed E-state index contributed by atoms with van der Waals surface area (Å²) in [6.07, 6.45) is 0.784. The average molecular weight is 574 g/mol. The lowest BCUT2D eigenvalue weighted by Gasteiger charge is -2.40. The number of sulfonamides is 1. The van der Waals surface area contributed by atoms with Crippen LogP contribution in [0.25, 0.3) is 10.9 Å². The molecule has 39 heavy (non-hydrogen) atoms. The Bertz CT molecular complexity index is 1590. The Kier molecular flexibility index (Phi) is 7.39. The standard InChI is InChI=1S/C25H28ClN7O5S/c1-31-8-6-20-21(14-31)38-23(29-20)25(35)33-10-9-32(13-16(33)3-2-7-27)39(36,37)24-18(12-22(28)34)17-11-15(26)4-5-19(17)30-24/h4-5,11,16,30H,2-3,6,8-10,12-14H2,1H3,(H2,28,34). The first-order chi connectivity index (χ1) is 18.6. The Balaban J connectivity index is 1.44. The van der Waals surface area contributed by atoms with Gasteiger partial charge in [0.05, 0.1) is 24.7 Å². The predicted octanol–water partition coefficient (Wildman–Crippen LogP) is 1.64. The molecule has 3 N–H and O–H groups in total. The smallest absolute Gasteiger partial charge is 0.310 e. The highest BCUT2D eigenvalue weighted by molar-refractivity contribution is 7.89. The van der Waals surface area contributed by atoms with Gasteiger partial charge in [0, 0.05) is 66.6 Å². The number of fused-ring (bicyclic) bond motifs is 2. The zero-order valence-corrected chi connectivity index (χ0v) is 22.9. The van der Waals surface area contributed by atoms with Gasteiger partial charge in [-0.1, -0.05) is 11.6 Å². The van der Waals surface area contributed by atoms with E-state index in [1.165, 1.54) is 4.31 Å². The molecule has 1 aromatic carbocycles. The van der Waals surface area contributed by atoms with E-state index in [-0.39, 0.29) is 55.4 Å². The fourth-order valence-electron chi connectivity index (χ4n) is 5.22. The van der Waals surface area contributed by atoms with Crippen LogP contribution in [0.3, 0.4) is 0 Å². The van der Waals surface area contributed by atoms with Gasteiger partial charge in [0.15, 0.2) is 5.03 Å². The number of oxazole rings is 1. The topological polar surface area (TPSA) is 170 Å². The molecule has 0 saturated carbocycles. The maximum Gasteiger partial charge on any atom is 0.310 e. The zero-order chi connectivity index (χ0) is 27.9. The van der Waals surface area contributed by atoms with Gasteiger partial charge in [-0.15, -0.1) is 0 Å². The highest BCUT2D eigenvalue weighted by atomic mass is 35.5. The molecule has 1 saturated heterocycles. The van der Waals surface area contributed by atoms with Gasteiger partial charge < -0.3 is 20.0 Å². The third-order valence-corrected chi connectivity index (χ3v) is 9.29. The first kappa shape index (κ1) is 27.1. The minimum atomic E-state index is -4.13. The number of likely N-dealkylation sites (N-methyl/N-ethyl adjacent to an activating group) is 1. The number of carbonyl (C=O) groups excluding carboxylic acids is 2. The van der Waals surface area contributed by atoms with E-state index in [0.717, 1.165) is 12.2 Å². The molecule has 2 aliphatic heterocycles. The van der Waals surface area contributed by atoms with E-state index in [1.807, 2.05) is 7.05 Å². The fourth-order valence-corrected chi connectivity index (χ4v) is 7.08. The number of primary amides is 1. The number of piperazine rings is 1. The number of hydrogen-bond acceptors (Lipinski definition) is 8. The van der Waals surface area contributed by atoms with E-state index in [9.17, 15) is 23.3 Å². The van der Waals surface area contributed by atoms with E-state index in [2.05, 4.69) is 20.9 Å². The Morgan fingerprint density at radius 1 is 1.31 bits per heavy atom. The molecule has 0 bridgehead atoms. The summed E-state index contributed by atoms with van der Waals surface area (Å²) in [5.74, 6) is -0.483. The van der Waals surface area contributed by atoms with E-state index >= 15 is 0 Å². The lowest BCUT2D eigenvalue weighted by Crippen LogP contribution is -2.56.